The van der Waals surface area contributed by atoms with Crippen LogP contribution in [0, 0.1) is 6.92 Å². The van der Waals surface area contributed by atoms with Crippen LogP contribution in [0.1, 0.15) is 42.9 Å². The second kappa shape index (κ2) is 15.6. The summed E-state index contributed by atoms with van der Waals surface area (Å²) in [6.07, 6.45) is 2.53. The van der Waals surface area contributed by atoms with Crippen molar-refractivity contribution in [3.05, 3.63) is 94.5 Å². The number of ether oxygens (including phenoxy) is 1. The van der Waals surface area contributed by atoms with E-state index in [9.17, 15) is 18.0 Å². The maximum Gasteiger partial charge on any atom is 0.243 e. The summed E-state index contributed by atoms with van der Waals surface area (Å²) in [7, 11) is -2.06. The first-order valence-corrected chi connectivity index (χ1v) is 16.2. The molecule has 8 nitrogen and oxygen atoms in total. The van der Waals surface area contributed by atoms with Crippen LogP contribution in [0.15, 0.2) is 72.8 Å². The third-order valence-corrected chi connectivity index (χ3v) is 8.31. The minimum absolute atomic E-state index is 0.0436. The molecule has 0 saturated carbocycles. The number of hydrogen-bond acceptors (Lipinski definition) is 5. The number of carbonyl (C=O) groups is 2. The van der Waals surface area contributed by atoms with Crippen LogP contribution in [0.5, 0.6) is 5.75 Å². The Labute approximate surface area is 254 Å². The van der Waals surface area contributed by atoms with Gasteiger partial charge in [0.15, 0.2) is 0 Å². The van der Waals surface area contributed by atoms with E-state index in [1.54, 1.807) is 30.2 Å². The highest BCUT2D eigenvalue weighted by atomic mass is 35.5. The molecule has 0 aliphatic carbocycles. The van der Waals surface area contributed by atoms with Crippen LogP contribution < -0.4 is 14.4 Å². The summed E-state index contributed by atoms with van der Waals surface area (Å²) in [5.41, 5.74) is 2.98. The summed E-state index contributed by atoms with van der Waals surface area (Å²) in [4.78, 5) is 29.0. The van der Waals surface area contributed by atoms with Crippen LogP contribution >= 0.6 is 11.6 Å². The average molecular weight is 614 g/mol. The van der Waals surface area contributed by atoms with Gasteiger partial charge in [0.2, 0.25) is 21.8 Å². The zero-order valence-corrected chi connectivity index (χ0v) is 26.2. The van der Waals surface area contributed by atoms with Gasteiger partial charge in [0.1, 0.15) is 11.8 Å². The SMILES string of the molecule is CCCNC(=O)C(Cc1ccccc1)N(Cc1cccc(OC)c1)C(=O)CCCN(c1cc(Cl)ccc1C)S(C)(=O)=O. The Morgan fingerprint density at radius 1 is 1.00 bits per heavy atom. The average Bonchev–Trinajstić information content (AvgIpc) is 2.97. The fourth-order valence-electron chi connectivity index (χ4n) is 4.72. The van der Waals surface area contributed by atoms with E-state index >= 15 is 0 Å². The Morgan fingerprint density at radius 2 is 1.71 bits per heavy atom. The molecule has 1 N–H and O–H groups in total. The molecule has 3 aromatic carbocycles. The summed E-state index contributed by atoms with van der Waals surface area (Å²) in [5, 5.41) is 3.39. The first-order chi connectivity index (χ1) is 20.0. The molecule has 1 atom stereocenters. The molecule has 10 heteroatoms. The summed E-state index contributed by atoms with van der Waals surface area (Å²) < 4.78 is 32.1. The van der Waals surface area contributed by atoms with Crippen molar-refractivity contribution in [3.8, 4) is 5.75 Å². The van der Waals surface area contributed by atoms with Gasteiger partial charge in [-0.1, -0.05) is 67.1 Å². The number of benzene rings is 3. The van der Waals surface area contributed by atoms with Crippen LogP contribution in [0.2, 0.25) is 5.02 Å². The maximum atomic E-state index is 13.9. The first-order valence-electron chi connectivity index (χ1n) is 14.0. The van der Waals surface area contributed by atoms with Crippen LogP contribution in [-0.2, 0) is 32.6 Å². The van der Waals surface area contributed by atoms with Gasteiger partial charge in [-0.05, 0) is 60.7 Å². The molecule has 0 bridgehead atoms. The van der Waals surface area contributed by atoms with Gasteiger partial charge in [0, 0.05) is 37.5 Å². The smallest absolute Gasteiger partial charge is 0.243 e. The quantitative estimate of drug-likeness (QED) is 0.249. The van der Waals surface area contributed by atoms with Crippen molar-refractivity contribution < 1.29 is 22.7 Å². The van der Waals surface area contributed by atoms with E-state index in [1.807, 2.05) is 68.4 Å². The second-order valence-electron chi connectivity index (χ2n) is 10.2. The molecule has 2 amide bonds. The van der Waals surface area contributed by atoms with E-state index < -0.39 is 16.1 Å². The van der Waals surface area contributed by atoms with Crippen molar-refractivity contribution in [2.45, 2.75) is 52.1 Å². The Hall–Kier alpha value is -3.56. The summed E-state index contributed by atoms with van der Waals surface area (Å²) >= 11 is 6.17. The number of anilines is 1. The highest BCUT2D eigenvalue weighted by molar-refractivity contribution is 7.92. The Balaban J connectivity index is 1.90. The Bertz CT molecular complexity index is 1450. The third-order valence-electron chi connectivity index (χ3n) is 6.90. The largest absolute Gasteiger partial charge is 0.497 e. The highest BCUT2D eigenvalue weighted by Gasteiger charge is 2.30. The molecule has 0 aliphatic rings. The van der Waals surface area contributed by atoms with Crippen molar-refractivity contribution in [2.24, 2.45) is 0 Å². The lowest BCUT2D eigenvalue weighted by Gasteiger charge is -2.32. The summed E-state index contributed by atoms with van der Waals surface area (Å²) in [6, 6.07) is 21.3. The van der Waals surface area contributed by atoms with E-state index in [1.165, 1.54) is 4.31 Å². The zero-order chi connectivity index (χ0) is 30.7. The number of rotatable bonds is 15. The number of sulfonamides is 1. The standard InChI is InChI=1S/C32H40ClN3O5S/c1-5-18-34-32(38)30(21-25-11-7-6-8-12-25)35(23-26-13-9-14-28(20-26)41-3)31(37)15-10-19-36(42(4,39)40)29-22-27(33)17-16-24(29)2/h6-9,11-14,16-17,20,22,30H,5,10,15,18-19,21,23H2,1-4H3,(H,34,38). The molecule has 0 aromatic heterocycles. The van der Waals surface area contributed by atoms with Crippen molar-refractivity contribution in [3.63, 3.8) is 0 Å². The van der Waals surface area contributed by atoms with Crippen molar-refractivity contribution >= 4 is 39.1 Å². The van der Waals surface area contributed by atoms with Gasteiger partial charge in [-0.3, -0.25) is 13.9 Å². The van der Waals surface area contributed by atoms with Gasteiger partial charge in [-0.25, -0.2) is 8.42 Å². The van der Waals surface area contributed by atoms with Crippen LogP contribution in [0.4, 0.5) is 5.69 Å². The second-order valence-corrected chi connectivity index (χ2v) is 12.6. The predicted molar refractivity (Wildman–Crippen MR) is 168 cm³/mol. The number of amides is 2. The monoisotopic (exact) mass is 613 g/mol. The van der Waals surface area contributed by atoms with Crippen molar-refractivity contribution in [1.82, 2.24) is 10.2 Å². The molecule has 3 rings (SSSR count). The van der Waals surface area contributed by atoms with Crippen LogP contribution in [0.3, 0.4) is 0 Å². The zero-order valence-electron chi connectivity index (χ0n) is 24.7. The number of hydrogen-bond donors (Lipinski definition) is 1. The van der Waals surface area contributed by atoms with Gasteiger partial charge in [0.05, 0.1) is 19.1 Å². The summed E-state index contributed by atoms with van der Waals surface area (Å²) in [6.45, 7) is 4.56. The fourth-order valence-corrected chi connectivity index (χ4v) is 5.90. The van der Waals surface area contributed by atoms with Crippen molar-refractivity contribution in [1.29, 1.82) is 0 Å². The molecule has 0 spiro atoms. The van der Waals surface area contributed by atoms with E-state index in [0.29, 0.717) is 29.4 Å². The fraction of sp³-hybridized carbons (Fsp3) is 0.375. The number of nitrogens with zero attached hydrogens (tertiary/aromatic N) is 2. The number of carbonyl (C=O) groups excluding carboxylic acids is 2. The van der Waals surface area contributed by atoms with Crippen molar-refractivity contribution in [2.75, 3.05) is 30.8 Å². The van der Waals surface area contributed by atoms with E-state index in [-0.39, 0.29) is 37.7 Å². The molecule has 1 unspecified atom stereocenters. The predicted octanol–water partition coefficient (Wildman–Crippen LogP) is 5.37. The lowest BCUT2D eigenvalue weighted by atomic mass is 10.0. The van der Waals surface area contributed by atoms with Gasteiger partial charge in [-0.15, -0.1) is 0 Å². The molecule has 226 valence electrons. The number of halogens is 1. The number of methoxy groups -OCH3 is 1. The Kier molecular flexibility index (Phi) is 12.2. The minimum Gasteiger partial charge on any atom is -0.497 e. The highest BCUT2D eigenvalue weighted by Crippen LogP contribution is 2.27. The van der Waals surface area contributed by atoms with Crippen LogP contribution in [-0.4, -0.2) is 57.6 Å². The molecular formula is C32H40ClN3O5S. The molecule has 3 aromatic rings. The Morgan fingerprint density at radius 3 is 2.38 bits per heavy atom. The first kappa shape index (κ1) is 32.9. The van der Waals surface area contributed by atoms with E-state index in [4.69, 9.17) is 16.3 Å². The third kappa shape index (κ3) is 9.49. The maximum absolute atomic E-state index is 13.9. The number of nitrogens with one attached hydrogen (secondary N) is 1. The lowest BCUT2D eigenvalue weighted by Crippen LogP contribution is -2.50. The minimum atomic E-state index is -3.64. The molecule has 0 fully saturated rings. The van der Waals surface area contributed by atoms with Gasteiger partial charge < -0.3 is 15.0 Å². The van der Waals surface area contributed by atoms with Crippen LogP contribution in [0.25, 0.3) is 0 Å². The molecule has 0 aliphatic heterocycles. The topological polar surface area (TPSA) is 96.0 Å². The molecule has 0 saturated heterocycles. The normalized spacial score (nSPS) is 11.9. The van der Waals surface area contributed by atoms with Gasteiger partial charge in [0.25, 0.3) is 0 Å². The number of aryl methyl sites for hydroxylation is 1. The summed E-state index contributed by atoms with van der Waals surface area (Å²) in [5.74, 6) is 0.168. The molecule has 42 heavy (non-hydrogen) atoms. The van der Waals surface area contributed by atoms with Gasteiger partial charge in [-0.2, -0.15) is 0 Å². The molecular weight excluding hydrogens is 574 g/mol. The molecule has 0 heterocycles. The van der Waals surface area contributed by atoms with E-state index in [2.05, 4.69) is 5.32 Å². The molecule has 0 radical (unpaired) electrons. The van der Waals surface area contributed by atoms with E-state index in [0.717, 1.165) is 29.4 Å². The van der Waals surface area contributed by atoms with Gasteiger partial charge >= 0.3 is 0 Å². The lowest BCUT2D eigenvalue weighted by molar-refractivity contribution is -0.141.